The molecule has 0 amide bonds. The molecule has 2 aliphatic rings. The van der Waals surface area contributed by atoms with E-state index in [0.29, 0.717) is 6.61 Å². The zero-order valence-electron chi connectivity index (χ0n) is 10.3. The minimum absolute atomic E-state index is 0.205. The molecule has 2 fully saturated rings. The quantitative estimate of drug-likeness (QED) is 0.668. The van der Waals surface area contributed by atoms with Crippen molar-refractivity contribution in [2.75, 3.05) is 6.54 Å². The third-order valence-corrected chi connectivity index (χ3v) is 3.55. The Bertz CT molecular complexity index is 428. The first kappa shape index (κ1) is 13.0. The highest BCUT2D eigenvalue weighted by Gasteiger charge is 2.53. The van der Waals surface area contributed by atoms with Crippen molar-refractivity contribution >= 4 is 0 Å². The first-order valence-corrected chi connectivity index (χ1v) is 6.30. The highest BCUT2D eigenvalue weighted by Crippen LogP contribution is 2.31. The van der Waals surface area contributed by atoms with E-state index in [1.807, 2.05) is 30.3 Å². The molecule has 1 aromatic rings. The van der Waals surface area contributed by atoms with Crippen LogP contribution in [0.2, 0.25) is 0 Å². The SMILES string of the molecule is OC1CN(OCc2ccccc2)C2OC1C(O)C2O. The summed E-state index contributed by atoms with van der Waals surface area (Å²) in [5, 5.41) is 30.8. The van der Waals surface area contributed by atoms with Crippen molar-refractivity contribution in [3.63, 3.8) is 0 Å². The van der Waals surface area contributed by atoms with Crippen molar-refractivity contribution in [1.29, 1.82) is 0 Å². The van der Waals surface area contributed by atoms with E-state index in [4.69, 9.17) is 9.57 Å². The predicted molar refractivity (Wildman–Crippen MR) is 64.6 cm³/mol. The summed E-state index contributed by atoms with van der Waals surface area (Å²) in [6, 6.07) is 9.57. The maximum atomic E-state index is 9.85. The molecule has 0 aromatic heterocycles. The second kappa shape index (κ2) is 5.16. The summed E-state index contributed by atoms with van der Waals surface area (Å²) in [4.78, 5) is 5.57. The molecule has 0 spiro atoms. The van der Waals surface area contributed by atoms with Crippen LogP contribution in [0.5, 0.6) is 0 Å². The lowest BCUT2D eigenvalue weighted by atomic mass is 10.1. The Balaban J connectivity index is 1.65. The number of aliphatic hydroxyl groups is 3. The lowest BCUT2D eigenvalue weighted by molar-refractivity contribution is -0.307. The lowest BCUT2D eigenvalue weighted by Gasteiger charge is -2.35. The summed E-state index contributed by atoms with van der Waals surface area (Å²) in [6.45, 7) is 0.525. The van der Waals surface area contributed by atoms with Gasteiger partial charge in [0.15, 0.2) is 6.23 Å². The fourth-order valence-electron chi connectivity index (χ4n) is 2.49. The fraction of sp³-hybridized carbons (Fsp3) is 0.538. The normalized spacial score (nSPS) is 38.6. The molecular formula is C13H17NO5. The van der Waals surface area contributed by atoms with Gasteiger partial charge in [-0.25, -0.2) is 0 Å². The third-order valence-electron chi connectivity index (χ3n) is 3.55. The van der Waals surface area contributed by atoms with Gasteiger partial charge >= 0.3 is 0 Å². The molecule has 104 valence electrons. The van der Waals surface area contributed by atoms with Gasteiger partial charge in [-0.2, -0.15) is 5.06 Å². The van der Waals surface area contributed by atoms with Gasteiger partial charge in [-0.05, 0) is 5.56 Å². The van der Waals surface area contributed by atoms with Crippen LogP contribution in [0.3, 0.4) is 0 Å². The molecule has 6 nitrogen and oxygen atoms in total. The molecule has 19 heavy (non-hydrogen) atoms. The van der Waals surface area contributed by atoms with Crippen LogP contribution in [0.25, 0.3) is 0 Å². The number of hydrogen-bond acceptors (Lipinski definition) is 6. The van der Waals surface area contributed by atoms with Crippen molar-refractivity contribution in [2.45, 2.75) is 37.3 Å². The van der Waals surface area contributed by atoms with Crippen LogP contribution in [0.1, 0.15) is 5.56 Å². The summed E-state index contributed by atoms with van der Waals surface area (Å²) >= 11 is 0. The molecule has 5 unspecified atom stereocenters. The van der Waals surface area contributed by atoms with Crippen LogP contribution in [0.15, 0.2) is 30.3 Å². The van der Waals surface area contributed by atoms with Crippen molar-refractivity contribution in [3.8, 4) is 0 Å². The second-order valence-electron chi connectivity index (χ2n) is 4.90. The first-order valence-electron chi connectivity index (χ1n) is 6.30. The first-order chi connectivity index (χ1) is 9.16. The standard InChI is InChI=1S/C13H17NO5/c15-9-6-14(13-11(17)10(16)12(9)19-13)18-7-8-4-2-1-3-5-8/h1-5,9-13,15-17H,6-7H2. The number of hydroxylamine groups is 2. The van der Waals surface area contributed by atoms with E-state index < -0.39 is 30.6 Å². The maximum absolute atomic E-state index is 9.85. The molecule has 2 heterocycles. The molecule has 1 aromatic carbocycles. The van der Waals surface area contributed by atoms with E-state index in [2.05, 4.69) is 0 Å². The molecule has 2 bridgehead atoms. The Kier molecular flexibility index (Phi) is 3.53. The Hall–Kier alpha value is -1.02. The predicted octanol–water partition coefficient (Wildman–Crippen LogP) is -0.759. The Labute approximate surface area is 110 Å². The number of ether oxygens (including phenoxy) is 1. The monoisotopic (exact) mass is 267 g/mol. The minimum Gasteiger partial charge on any atom is -0.389 e. The third kappa shape index (κ3) is 2.38. The molecule has 6 heteroatoms. The number of rotatable bonds is 3. The fourth-order valence-corrected chi connectivity index (χ4v) is 2.49. The van der Waals surface area contributed by atoms with E-state index >= 15 is 0 Å². The van der Waals surface area contributed by atoms with Crippen molar-refractivity contribution in [1.82, 2.24) is 5.06 Å². The zero-order valence-corrected chi connectivity index (χ0v) is 10.3. The Morgan fingerprint density at radius 2 is 1.89 bits per heavy atom. The number of benzene rings is 1. The number of aliphatic hydroxyl groups excluding tert-OH is 3. The topological polar surface area (TPSA) is 82.4 Å². The van der Waals surface area contributed by atoms with Crippen LogP contribution in [0.4, 0.5) is 0 Å². The summed E-state index contributed by atoms with van der Waals surface area (Å²) in [5.74, 6) is 0. The van der Waals surface area contributed by atoms with Gasteiger partial charge < -0.3 is 20.1 Å². The zero-order chi connectivity index (χ0) is 13.4. The summed E-state index contributed by atoms with van der Waals surface area (Å²) in [6.07, 6.45) is -4.49. The summed E-state index contributed by atoms with van der Waals surface area (Å²) < 4.78 is 5.39. The van der Waals surface area contributed by atoms with E-state index in [-0.39, 0.29) is 6.54 Å². The van der Waals surface area contributed by atoms with Gasteiger partial charge in [0.25, 0.3) is 0 Å². The highest BCUT2D eigenvalue weighted by atomic mass is 16.7. The van der Waals surface area contributed by atoms with Crippen LogP contribution in [-0.2, 0) is 16.2 Å². The van der Waals surface area contributed by atoms with Crippen molar-refractivity contribution in [3.05, 3.63) is 35.9 Å². The number of β-amino-alcohol motifs (C(OH)–C–C–N with tert-alkyl or cyclic N) is 1. The van der Waals surface area contributed by atoms with Crippen LogP contribution >= 0.6 is 0 Å². The van der Waals surface area contributed by atoms with Crippen LogP contribution in [-0.4, -0.2) is 57.6 Å². The maximum Gasteiger partial charge on any atom is 0.162 e. The Morgan fingerprint density at radius 3 is 2.63 bits per heavy atom. The van der Waals surface area contributed by atoms with Gasteiger partial charge in [-0.3, -0.25) is 4.84 Å². The van der Waals surface area contributed by atoms with Crippen LogP contribution < -0.4 is 0 Å². The van der Waals surface area contributed by atoms with Crippen LogP contribution in [0, 0.1) is 0 Å². The van der Waals surface area contributed by atoms with Crippen molar-refractivity contribution in [2.24, 2.45) is 0 Å². The smallest absolute Gasteiger partial charge is 0.162 e. The Morgan fingerprint density at radius 1 is 1.16 bits per heavy atom. The van der Waals surface area contributed by atoms with E-state index in [1.165, 1.54) is 5.06 Å². The van der Waals surface area contributed by atoms with Gasteiger partial charge in [-0.15, -0.1) is 0 Å². The molecule has 0 radical (unpaired) electrons. The minimum atomic E-state index is -1.08. The summed E-state index contributed by atoms with van der Waals surface area (Å²) in [5.41, 5.74) is 0.979. The largest absolute Gasteiger partial charge is 0.389 e. The van der Waals surface area contributed by atoms with Gasteiger partial charge in [0.2, 0.25) is 0 Å². The molecule has 0 saturated carbocycles. The van der Waals surface area contributed by atoms with E-state index in [1.54, 1.807) is 0 Å². The summed E-state index contributed by atoms with van der Waals surface area (Å²) in [7, 11) is 0. The molecule has 3 N–H and O–H groups in total. The molecular weight excluding hydrogens is 250 g/mol. The van der Waals surface area contributed by atoms with Gasteiger partial charge in [0.05, 0.1) is 19.3 Å². The van der Waals surface area contributed by atoms with Gasteiger partial charge in [0.1, 0.15) is 18.3 Å². The molecule has 3 rings (SSSR count). The average Bonchev–Trinajstić information content (AvgIpc) is 2.69. The second-order valence-corrected chi connectivity index (χ2v) is 4.90. The number of nitrogens with zero attached hydrogens (tertiary/aromatic N) is 1. The molecule has 0 aliphatic carbocycles. The molecule has 5 atom stereocenters. The number of hydrogen-bond donors (Lipinski definition) is 3. The van der Waals surface area contributed by atoms with Crippen molar-refractivity contribution < 1.29 is 24.9 Å². The number of fused-ring (bicyclic) bond motifs is 2. The van der Waals surface area contributed by atoms with Gasteiger partial charge in [-0.1, -0.05) is 30.3 Å². The molecule has 2 aliphatic heterocycles. The molecule has 2 saturated heterocycles. The van der Waals surface area contributed by atoms with E-state index in [0.717, 1.165) is 5.56 Å². The van der Waals surface area contributed by atoms with Gasteiger partial charge in [0, 0.05) is 0 Å². The highest BCUT2D eigenvalue weighted by molar-refractivity contribution is 5.13. The van der Waals surface area contributed by atoms with E-state index in [9.17, 15) is 15.3 Å². The average molecular weight is 267 g/mol. The lowest BCUT2D eigenvalue weighted by Crippen LogP contribution is -2.51.